The number of carbonyl (C=O) groups is 1. The van der Waals surface area contributed by atoms with Gasteiger partial charge < -0.3 is 19.7 Å². The Bertz CT molecular complexity index is 471. The van der Waals surface area contributed by atoms with Crippen LogP contribution in [0, 0.1) is 5.92 Å². The number of piperidine rings is 1. The molecule has 0 aromatic heterocycles. The first-order chi connectivity index (χ1) is 10.7. The number of hydrogen-bond donors (Lipinski definition) is 1. The molecule has 1 saturated heterocycles. The van der Waals surface area contributed by atoms with Crippen LogP contribution in [0.3, 0.4) is 0 Å². The maximum absolute atomic E-state index is 12.2. The van der Waals surface area contributed by atoms with Crippen LogP contribution >= 0.6 is 0 Å². The molecule has 22 heavy (non-hydrogen) atoms. The zero-order valence-electron chi connectivity index (χ0n) is 13.5. The molecular weight excluding hydrogens is 280 g/mol. The van der Waals surface area contributed by atoms with Gasteiger partial charge in [0.25, 0.3) is 5.91 Å². The van der Waals surface area contributed by atoms with Gasteiger partial charge in [-0.15, -0.1) is 0 Å². The van der Waals surface area contributed by atoms with Crippen molar-refractivity contribution >= 4 is 5.91 Å². The van der Waals surface area contributed by atoms with Crippen molar-refractivity contribution in [3.8, 4) is 5.75 Å². The highest BCUT2D eigenvalue weighted by Gasteiger charge is 2.19. The number of hydrogen-bond acceptors (Lipinski definition) is 4. The molecule has 1 amide bonds. The standard InChI is InChI=1S/C17H26N2O3/c1-21-11-10-19-8-6-14(7-9-19)13-18-17(20)15-4-3-5-16(12-15)22-2/h3-5,12,14H,6-11,13H2,1-2H3,(H,18,20). The summed E-state index contributed by atoms with van der Waals surface area (Å²) in [6.07, 6.45) is 2.25. The largest absolute Gasteiger partial charge is 0.497 e. The van der Waals surface area contributed by atoms with Gasteiger partial charge in [0.1, 0.15) is 5.75 Å². The molecular formula is C17H26N2O3. The van der Waals surface area contributed by atoms with E-state index in [0.717, 1.165) is 45.6 Å². The fourth-order valence-corrected chi connectivity index (χ4v) is 2.74. The summed E-state index contributed by atoms with van der Waals surface area (Å²) < 4.78 is 10.3. The molecule has 1 fully saturated rings. The molecule has 1 N–H and O–H groups in total. The minimum atomic E-state index is -0.0271. The summed E-state index contributed by atoms with van der Waals surface area (Å²) in [7, 11) is 3.34. The summed E-state index contributed by atoms with van der Waals surface area (Å²) in [4.78, 5) is 14.6. The van der Waals surface area contributed by atoms with E-state index in [9.17, 15) is 4.79 Å². The predicted molar refractivity (Wildman–Crippen MR) is 86.4 cm³/mol. The summed E-state index contributed by atoms with van der Waals surface area (Å²) in [5, 5.41) is 3.04. The van der Waals surface area contributed by atoms with Crippen molar-refractivity contribution in [2.45, 2.75) is 12.8 Å². The fourth-order valence-electron chi connectivity index (χ4n) is 2.74. The summed E-state index contributed by atoms with van der Waals surface area (Å²) in [5.74, 6) is 1.24. The highest BCUT2D eigenvalue weighted by molar-refractivity contribution is 5.94. The van der Waals surface area contributed by atoms with Crippen LogP contribution < -0.4 is 10.1 Å². The van der Waals surface area contributed by atoms with Gasteiger partial charge in [-0.1, -0.05) is 6.07 Å². The van der Waals surface area contributed by atoms with E-state index in [-0.39, 0.29) is 5.91 Å². The molecule has 0 spiro atoms. The Hall–Kier alpha value is -1.59. The quantitative estimate of drug-likeness (QED) is 0.834. The number of rotatable bonds is 7. The lowest BCUT2D eigenvalue weighted by Crippen LogP contribution is -2.39. The van der Waals surface area contributed by atoms with Crippen LogP contribution in [0.5, 0.6) is 5.75 Å². The molecule has 1 aliphatic heterocycles. The smallest absolute Gasteiger partial charge is 0.251 e. The van der Waals surface area contributed by atoms with E-state index in [0.29, 0.717) is 17.2 Å². The minimum absolute atomic E-state index is 0.0271. The SMILES string of the molecule is COCCN1CCC(CNC(=O)c2cccc(OC)c2)CC1. The number of ether oxygens (including phenoxy) is 2. The van der Waals surface area contributed by atoms with Crippen LogP contribution in [0.1, 0.15) is 23.2 Å². The first-order valence-electron chi connectivity index (χ1n) is 7.86. The van der Waals surface area contributed by atoms with Crippen LogP contribution in [-0.4, -0.2) is 57.8 Å². The van der Waals surface area contributed by atoms with E-state index in [1.807, 2.05) is 18.2 Å². The zero-order valence-corrected chi connectivity index (χ0v) is 13.5. The van der Waals surface area contributed by atoms with Gasteiger partial charge in [0.15, 0.2) is 0 Å². The highest BCUT2D eigenvalue weighted by atomic mass is 16.5. The normalized spacial score (nSPS) is 16.5. The van der Waals surface area contributed by atoms with Crippen LogP contribution in [0.2, 0.25) is 0 Å². The van der Waals surface area contributed by atoms with Crippen molar-refractivity contribution in [1.29, 1.82) is 0 Å². The summed E-state index contributed by atoms with van der Waals surface area (Å²) in [6.45, 7) is 4.71. The Kier molecular flexibility index (Phi) is 6.68. The zero-order chi connectivity index (χ0) is 15.8. The van der Waals surface area contributed by atoms with Gasteiger partial charge in [-0.05, 0) is 50.0 Å². The average molecular weight is 306 g/mol. The lowest BCUT2D eigenvalue weighted by Gasteiger charge is -2.31. The number of benzene rings is 1. The Balaban J connectivity index is 1.73. The molecule has 0 atom stereocenters. The molecule has 5 heteroatoms. The van der Waals surface area contributed by atoms with Crippen molar-refractivity contribution in [3.05, 3.63) is 29.8 Å². The van der Waals surface area contributed by atoms with E-state index in [1.54, 1.807) is 20.3 Å². The minimum Gasteiger partial charge on any atom is -0.497 e. The predicted octanol–water partition coefficient (Wildman–Crippen LogP) is 1.78. The number of carbonyl (C=O) groups excluding carboxylic acids is 1. The molecule has 0 radical (unpaired) electrons. The van der Waals surface area contributed by atoms with Gasteiger partial charge in [-0.25, -0.2) is 0 Å². The van der Waals surface area contributed by atoms with Crippen molar-refractivity contribution < 1.29 is 14.3 Å². The van der Waals surface area contributed by atoms with Crippen LogP contribution in [-0.2, 0) is 4.74 Å². The second-order valence-electron chi connectivity index (χ2n) is 5.72. The third kappa shape index (κ3) is 5.00. The monoisotopic (exact) mass is 306 g/mol. The first-order valence-corrected chi connectivity index (χ1v) is 7.86. The number of likely N-dealkylation sites (tertiary alicyclic amines) is 1. The van der Waals surface area contributed by atoms with E-state index in [1.165, 1.54) is 0 Å². The molecule has 5 nitrogen and oxygen atoms in total. The second kappa shape index (κ2) is 8.76. The van der Waals surface area contributed by atoms with Gasteiger partial charge >= 0.3 is 0 Å². The maximum atomic E-state index is 12.2. The van der Waals surface area contributed by atoms with Crippen LogP contribution in [0.15, 0.2) is 24.3 Å². The van der Waals surface area contributed by atoms with Gasteiger partial charge in [0.05, 0.1) is 13.7 Å². The van der Waals surface area contributed by atoms with E-state index >= 15 is 0 Å². The topological polar surface area (TPSA) is 50.8 Å². The fraction of sp³-hybridized carbons (Fsp3) is 0.588. The van der Waals surface area contributed by atoms with Crippen LogP contribution in [0.25, 0.3) is 0 Å². The summed E-state index contributed by atoms with van der Waals surface area (Å²) >= 11 is 0. The van der Waals surface area contributed by atoms with Crippen molar-refractivity contribution in [2.75, 3.05) is 47.0 Å². The van der Waals surface area contributed by atoms with Gasteiger partial charge in [-0.3, -0.25) is 4.79 Å². The number of nitrogens with one attached hydrogen (secondary N) is 1. The Morgan fingerprint density at radius 1 is 1.32 bits per heavy atom. The third-order valence-electron chi connectivity index (χ3n) is 4.20. The maximum Gasteiger partial charge on any atom is 0.251 e. The van der Waals surface area contributed by atoms with Crippen molar-refractivity contribution in [2.24, 2.45) is 5.92 Å². The number of amides is 1. The molecule has 1 aliphatic rings. The summed E-state index contributed by atoms with van der Waals surface area (Å²) in [6, 6.07) is 7.25. The van der Waals surface area contributed by atoms with E-state index in [4.69, 9.17) is 9.47 Å². The lowest BCUT2D eigenvalue weighted by atomic mass is 9.96. The van der Waals surface area contributed by atoms with Crippen molar-refractivity contribution in [1.82, 2.24) is 10.2 Å². The second-order valence-corrected chi connectivity index (χ2v) is 5.72. The van der Waals surface area contributed by atoms with E-state index < -0.39 is 0 Å². The van der Waals surface area contributed by atoms with Gasteiger partial charge in [0, 0.05) is 25.8 Å². The van der Waals surface area contributed by atoms with E-state index in [2.05, 4.69) is 10.2 Å². The molecule has 1 aromatic rings. The molecule has 122 valence electrons. The third-order valence-corrected chi connectivity index (χ3v) is 4.20. The Morgan fingerprint density at radius 2 is 2.09 bits per heavy atom. The first kappa shape index (κ1) is 16.8. The Morgan fingerprint density at radius 3 is 2.77 bits per heavy atom. The number of nitrogens with zero attached hydrogens (tertiary/aromatic N) is 1. The Labute approximate surface area is 132 Å². The van der Waals surface area contributed by atoms with Gasteiger partial charge in [-0.2, -0.15) is 0 Å². The molecule has 0 aliphatic carbocycles. The highest BCUT2D eigenvalue weighted by Crippen LogP contribution is 2.17. The number of methoxy groups -OCH3 is 2. The summed E-state index contributed by atoms with van der Waals surface area (Å²) in [5.41, 5.74) is 0.650. The molecule has 1 aromatic carbocycles. The molecule has 0 saturated carbocycles. The molecule has 0 unspecified atom stereocenters. The lowest BCUT2D eigenvalue weighted by molar-refractivity contribution is 0.0925. The van der Waals surface area contributed by atoms with Gasteiger partial charge in [0.2, 0.25) is 0 Å². The molecule has 0 bridgehead atoms. The van der Waals surface area contributed by atoms with Crippen molar-refractivity contribution in [3.63, 3.8) is 0 Å². The molecule has 2 rings (SSSR count). The average Bonchev–Trinajstić information content (AvgIpc) is 2.58. The molecule has 1 heterocycles. The van der Waals surface area contributed by atoms with Crippen LogP contribution in [0.4, 0.5) is 0 Å².